The number of aryl methyl sites for hydroxylation is 1. The Labute approximate surface area is 114 Å². The summed E-state index contributed by atoms with van der Waals surface area (Å²) in [6.45, 7) is 1.83. The third-order valence-electron chi connectivity index (χ3n) is 2.80. The Morgan fingerprint density at radius 3 is 2.67 bits per heavy atom. The van der Waals surface area contributed by atoms with Gasteiger partial charge >= 0.3 is 0 Å². The van der Waals surface area contributed by atoms with Crippen molar-refractivity contribution in [3.8, 4) is 0 Å². The largest absolute Gasteiger partial charge is 0.305 e. The zero-order chi connectivity index (χ0) is 12.4. The van der Waals surface area contributed by atoms with E-state index in [1.165, 1.54) is 10.6 Å². The topological polar surface area (TPSA) is 70.5 Å². The quantitative estimate of drug-likeness (QED) is 0.572. The summed E-state index contributed by atoms with van der Waals surface area (Å²) in [6.07, 6.45) is 4.13. The van der Waals surface area contributed by atoms with Gasteiger partial charge in [-0.3, -0.25) is 4.68 Å². The highest BCUT2D eigenvalue weighted by atomic mass is 35.5. The monoisotopic (exact) mass is 295 g/mol. The molecule has 1 fully saturated rings. The molecule has 2 heterocycles. The maximum Gasteiger partial charge on any atom is 0.238 e. The summed E-state index contributed by atoms with van der Waals surface area (Å²) in [5.74, 6) is 0. The fraction of sp³-hybridized carbons (Fsp3) is 0.667. The second kappa shape index (κ2) is 6.37. The predicted octanol–water partition coefficient (Wildman–Crippen LogP) is -0.617. The number of likely N-dealkylation sites (tertiary alicyclic amines) is 1. The van der Waals surface area contributed by atoms with Gasteiger partial charge in [-0.1, -0.05) is 0 Å². The number of likely N-dealkylation sites (N-methyl/N-ethyl adjacent to an activating group) is 1. The van der Waals surface area contributed by atoms with E-state index in [4.69, 9.17) is 0 Å². The molecular formula is C9H18ClN5O2S. The Hall–Kier alpha value is -0.830. The third-order valence-corrected chi connectivity index (χ3v) is 3.47. The van der Waals surface area contributed by atoms with Gasteiger partial charge in [0.05, 0.1) is 12.4 Å². The van der Waals surface area contributed by atoms with Crippen molar-refractivity contribution in [2.24, 2.45) is 7.05 Å². The molecule has 0 saturated carbocycles. The van der Waals surface area contributed by atoms with Crippen molar-refractivity contribution in [2.45, 2.75) is 12.5 Å². The van der Waals surface area contributed by atoms with Crippen LogP contribution in [0.25, 0.3) is 0 Å². The molecule has 104 valence electrons. The van der Waals surface area contributed by atoms with Crippen LogP contribution < -0.4 is 9.84 Å². The van der Waals surface area contributed by atoms with Gasteiger partial charge in [-0.05, 0) is 20.0 Å². The lowest BCUT2D eigenvalue weighted by Gasteiger charge is -2.21. The van der Waals surface area contributed by atoms with Crippen molar-refractivity contribution >= 4 is 29.0 Å². The summed E-state index contributed by atoms with van der Waals surface area (Å²) >= 11 is 0. The van der Waals surface area contributed by atoms with E-state index < -0.39 is 10.9 Å². The molecule has 0 radical (unpaired) electrons. The molecule has 0 unspecified atom stereocenters. The van der Waals surface area contributed by atoms with Crippen molar-refractivity contribution in [2.75, 3.05) is 24.6 Å². The van der Waals surface area contributed by atoms with E-state index in [1.807, 2.05) is 7.05 Å². The van der Waals surface area contributed by atoms with Gasteiger partial charge in [-0.15, -0.1) is 12.4 Å². The molecule has 1 saturated heterocycles. The van der Waals surface area contributed by atoms with Crippen LogP contribution in [0, 0.1) is 0 Å². The summed E-state index contributed by atoms with van der Waals surface area (Å²) in [4.78, 5) is 2.16. The van der Waals surface area contributed by atoms with Crippen LogP contribution in [0.3, 0.4) is 0 Å². The van der Waals surface area contributed by atoms with Gasteiger partial charge in [-0.25, -0.2) is 18.3 Å². The number of aromatic nitrogens is 2. The normalized spacial score (nSPS) is 20.1. The number of hydrogen-bond acceptors (Lipinski definition) is 5. The van der Waals surface area contributed by atoms with E-state index in [0.717, 1.165) is 19.5 Å². The van der Waals surface area contributed by atoms with E-state index in [9.17, 15) is 8.42 Å². The molecular weight excluding hydrogens is 278 g/mol. The van der Waals surface area contributed by atoms with E-state index in [1.54, 1.807) is 17.9 Å². The second-order valence-electron chi connectivity index (χ2n) is 4.30. The van der Waals surface area contributed by atoms with E-state index in [2.05, 4.69) is 15.4 Å². The third kappa shape index (κ3) is 3.58. The second-order valence-corrected chi connectivity index (χ2v) is 5.17. The van der Waals surface area contributed by atoms with Gasteiger partial charge in [-0.2, -0.15) is 5.10 Å². The van der Waals surface area contributed by atoms with E-state index in [0.29, 0.717) is 5.69 Å². The van der Waals surface area contributed by atoms with Crippen molar-refractivity contribution in [3.05, 3.63) is 12.4 Å². The molecule has 18 heavy (non-hydrogen) atoms. The Morgan fingerprint density at radius 2 is 2.22 bits per heavy atom. The van der Waals surface area contributed by atoms with Gasteiger partial charge in [0.2, 0.25) is 10.9 Å². The average molecular weight is 296 g/mol. The first-order valence-corrected chi connectivity index (χ1v) is 6.57. The first kappa shape index (κ1) is 15.2. The van der Waals surface area contributed by atoms with Crippen LogP contribution in [-0.4, -0.2) is 49.3 Å². The van der Waals surface area contributed by atoms with Gasteiger partial charge in [0.15, 0.2) is 0 Å². The fourth-order valence-electron chi connectivity index (χ4n) is 1.95. The molecule has 1 aliphatic rings. The minimum absolute atomic E-state index is 0. The molecule has 0 aromatic carbocycles. The predicted molar refractivity (Wildman–Crippen MR) is 72.3 cm³/mol. The van der Waals surface area contributed by atoms with Crippen LogP contribution in [0.15, 0.2) is 12.4 Å². The van der Waals surface area contributed by atoms with Crippen LogP contribution in [0.5, 0.6) is 0 Å². The molecule has 0 bridgehead atoms. The van der Waals surface area contributed by atoms with Crippen LogP contribution in [0.2, 0.25) is 0 Å². The molecule has 1 aliphatic heterocycles. The van der Waals surface area contributed by atoms with Crippen molar-refractivity contribution in [1.82, 2.24) is 20.1 Å². The molecule has 0 aliphatic carbocycles. The molecule has 7 nitrogen and oxygen atoms in total. The number of hydrogen-bond donors (Lipinski definition) is 2. The number of thiol groups is 1. The Bertz CT molecular complexity index is 456. The lowest BCUT2D eigenvalue weighted by molar-refractivity contribution is 0.400. The standard InChI is InChI=1S/C9H17N5O2S.ClH/c1-12-4-3-8(6-12)11-14(17(15)16)9-5-10-13(2)7-9;/h5,7-8,11,17H,3-4,6H2,1-2H3;1H/t8-;/m0./s1. The first-order chi connectivity index (χ1) is 8.06. The zero-order valence-corrected chi connectivity index (χ0v) is 12.0. The summed E-state index contributed by atoms with van der Waals surface area (Å²) in [5, 5.41) is 3.97. The maximum atomic E-state index is 11.2. The minimum Gasteiger partial charge on any atom is -0.305 e. The van der Waals surface area contributed by atoms with Crippen molar-refractivity contribution < 1.29 is 8.42 Å². The highest BCUT2D eigenvalue weighted by molar-refractivity contribution is 7.73. The minimum atomic E-state index is -2.71. The van der Waals surface area contributed by atoms with Gasteiger partial charge < -0.3 is 4.90 Å². The number of rotatable bonds is 4. The Balaban J connectivity index is 0.00000162. The van der Waals surface area contributed by atoms with Gasteiger partial charge in [0.25, 0.3) is 0 Å². The average Bonchev–Trinajstić information content (AvgIpc) is 2.83. The molecule has 0 amide bonds. The summed E-state index contributed by atoms with van der Waals surface area (Å²) in [6, 6.07) is 0.160. The van der Waals surface area contributed by atoms with Crippen LogP contribution >= 0.6 is 12.4 Å². The number of nitrogens with zero attached hydrogens (tertiary/aromatic N) is 4. The number of hydrazine groups is 1. The van der Waals surface area contributed by atoms with Crippen molar-refractivity contribution in [1.29, 1.82) is 0 Å². The maximum absolute atomic E-state index is 11.2. The molecule has 2 rings (SSSR count). The summed E-state index contributed by atoms with van der Waals surface area (Å²) < 4.78 is 25.2. The molecule has 9 heteroatoms. The van der Waals surface area contributed by atoms with Gasteiger partial charge in [0, 0.05) is 19.6 Å². The lowest BCUT2D eigenvalue weighted by Crippen LogP contribution is -2.45. The molecule has 1 atom stereocenters. The molecule has 0 spiro atoms. The van der Waals surface area contributed by atoms with Crippen molar-refractivity contribution in [3.63, 3.8) is 0 Å². The Kier molecular flexibility index (Phi) is 5.39. The number of halogens is 1. The number of anilines is 1. The SMILES string of the molecule is CN1CC[C@H](NN(c2cnn(C)c2)[SH](=O)=O)C1.Cl. The lowest BCUT2D eigenvalue weighted by atomic mass is 10.3. The summed E-state index contributed by atoms with van der Waals surface area (Å²) in [7, 11) is 1.07. The van der Waals surface area contributed by atoms with Crippen LogP contribution in [-0.2, 0) is 17.9 Å². The highest BCUT2D eigenvalue weighted by Crippen LogP contribution is 2.13. The van der Waals surface area contributed by atoms with Crippen LogP contribution in [0.4, 0.5) is 5.69 Å². The first-order valence-electron chi connectivity index (χ1n) is 5.44. The highest BCUT2D eigenvalue weighted by Gasteiger charge is 2.23. The fourth-order valence-corrected chi connectivity index (χ4v) is 2.50. The van der Waals surface area contributed by atoms with Crippen LogP contribution in [0.1, 0.15) is 6.42 Å². The van der Waals surface area contributed by atoms with E-state index >= 15 is 0 Å². The summed E-state index contributed by atoms with van der Waals surface area (Å²) in [5.41, 5.74) is 3.56. The smallest absolute Gasteiger partial charge is 0.238 e. The molecule has 1 aromatic heterocycles. The Morgan fingerprint density at radius 1 is 1.50 bits per heavy atom. The van der Waals surface area contributed by atoms with Gasteiger partial charge in [0.1, 0.15) is 5.69 Å². The number of nitrogens with one attached hydrogen (secondary N) is 1. The van der Waals surface area contributed by atoms with E-state index in [-0.39, 0.29) is 18.4 Å². The zero-order valence-electron chi connectivity index (χ0n) is 10.3. The molecule has 1 N–H and O–H groups in total. The molecule has 1 aromatic rings.